The van der Waals surface area contributed by atoms with Crippen molar-refractivity contribution in [3.8, 4) is 6.07 Å². The van der Waals surface area contributed by atoms with E-state index in [1.54, 1.807) is 0 Å². The van der Waals surface area contributed by atoms with E-state index in [9.17, 15) is 0 Å². The molecule has 0 unspecified atom stereocenters. The Kier molecular flexibility index (Phi) is 4.18. The molecule has 0 saturated carbocycles. The third kappa shape index (κ3) is 3.01. The lowest BCUT2D eigenvalue weighted by atomic mass is 10.0. The van der Waals surface area contributed by atoms with E-state index < -0.39 is 0 Å². The molecule has 1 aromatic carbocycles. The quantitative estimate of drug-likeness (QED) is 0.939. The van der Waals surface area contributed by atoms with Crippen LogP contribution < -0.4 is 0 Å². The standard InChI is InChI=1S/C16H19N5O/c1-11(14-5-3-13(9-17)4-6-14)21-7-8-22-15(10-21)16-18-12(2)19-20-16/h3-6,11,15H,7-8,10H2,1-2H3,(H,18,19,20)/t11-,15+/m1/s1. The van der Waals surface area contributed by atoms with Crippen LogP contribution in [0.4, 0.5) is 0 Å². The summed E-state index contributed by atoms with van der Waals surface area (Å²) in [6.07, 6.45) is -0.0977. The molecule has 22 heavy (non-hydrogen) atoms. The molecule has 114 valence electrons. The lowest BCUT2D eigenvalue weighted by Gasteiger charge is -2.36. The Labute approximate surface area is 129 Å². The maximum atomic E-state index is 8.88. The predicted molar refractivity (Wildman–Crippen MR) is 81.0 cm³/mol. The SMILES string of the molecule is Cc1nc([C@@H]2CN([C@H](C)c3ccc(C#N)cc3)CCO2)n[nH]1. The summed E-state index contributed by atoms with van der Waals surface area (Å²) in [6, 6.07) is 10.2. The van der Waals surface area contributed by atoms with Crippen LogP contribution in [0.15, 0.2) is 24.3 Å². The van der Waals surface area contributed by atoms with Crippen LogP contribution in [-0.2, 0) is 4.74 Å². The minimum absolute atomic E-state index is 0.0977. The zero-order chi connectivity index (χ0) is 15.5. The Morgan fingerprint density at radius 1 is 1.41 bits per heavy atom. The summed E-state index contributed by atoms with van der Waals surface area (Å²) in [7, 11) is 0. The zero-order valence-corrected chi connectivity index (χ0v) is 12.8. The second kappa shape index (κ2) is 6.26. The number of aryl methyl sites for hydroxylation is 1. The summed E-state index contributed by atoms with van der Waals surface area (Å²) in [4.78, 5) is 6.73. The van der Waals surface area contributed by atoms with Crippen molar-refractivity contribution in [3.63, 3.8) is 0 Å². The van der Waals surface area contributed by atoms with Gasteiger partial charge in [-0.1, -0.05) is 12.1 Å². The Morgan fingerprint density at radius 3 is 2.82 bits per heavy atom. The lowest BCUT2D eigenvalue weighted by Crippen LogP contribution is -2.40. The number of H-pyrrole nitrogens is 1. The van der Waals surface area contributed by atoms with E-state index in [0.29, 0.717) is 18.0 Å². The second-order valence-corrected chi connectivity index (χ2v) is 5.54. The largest absolute Gasteiger partial charge is 0.367 e. The van der Waals surface area contributed by atoms with Crippen LogP contribution in [0.1, 0.15) is 41.8 Å². The van der Waals surface area contributed by atoms with Gasteiger partial charge in [0.2, 0.25) is 0 Å². The van der Waals surface area contributed by atoms with Gasteiger partial charge in [0.25, 0.3) is 0 Å². The molecule has 2 atom stereocenters. The molecule has 6 heteroatoms. The topological polar surface area (TPSA) is 77.8 Å². The van der Waals surface area contributed by atoms with Crippen molar-refractivity contribution in [1.82, 2.24) is 20.1 Å². The van der Waals surface area contributed by atoms with Crippen LogP contribution >= 0.6 is 0 Å². The van der Waals surface area contributed by atoms with E-state index in [1.807, 2.05) is 31.2 Å². The van der Waals surface area contributed by atoms with Crippen LogP contribution in [0.5, 0.6) is 0 Å². The average Bonchev–Trinajstić information content (AvgIpc) is 3.01. The van der Waals surface area contributed by atoms with Gasteiger partial charge in [-0.2, -0.15) is 10.4 Å². The van der Waals surface area contributed by atoms with Crippen molar-refractivity contribution < 1.29 is 4.74 Å². The van der Waals surface area contributed by atoms with Gasteiger partial charge in [0.05, 0.1) is 18.2 Å². The van der Waals surface area contributed by atoms with Crippen molar-refractivity contribution in [2.24, 2.45) is 0 Å². The molecule has 1 aliphatic rings. The van der Waals surface area contributed by atoms with E-state index in [1.165, 1.54) is 5.56 Å². The normalized spacial score (nSPS) is 20.5. The maximum Gasteiger partial charge on any atom is 0.180 e. The van der Waals surface area contributed by atoms with Gasteiger partial charge >= 0.3 is 0 Å². The summed E-state index contributed by atoms with van der Waals surface area (Å²) in [6.45, 7) is 6.36. The number of rotatable bonds is 3. The van der Waals surface area contributed by atoms with Gasteiger partial charge in [-0.25, -0.2) is 4.98 Å². The van der Waals surface area contributed by atoms with Gasteiger partial charge in [0, 0.05) is 19.1 Å². The first kappa shape index (κ1) is 14.7. The highest BCUT2D eigenvalue weighted by Crippen LogP contribution is 2.27. The highest BCUT2D eigenvalue weighted by Gasteiger charge is 2.28. The van der Waals surface area contributed by atoms with Gasteiger partial charge in [-0.3, -0.25) is 10.00 Å². The first-order valence-electron chi connectivity index (χ1n) is 7.42. The van der Waals surface area contributed by atoms with Crippen molar-refractivity contribution in [2.45, 2.75) is 26.0 Å². The van der Waals surface area contributed by atoms with Gasteiger partial charge in [0.15, 0.2) is 5.82 Å². The number of aromatic amines is 1. The monoisotopic (exact) mass is 297 g/mol. The molecule has 1 saturated heterocycles. The number of nitriles is 1. The van der Waals surface area contributed by atoms with Gasteiger partial charge in [0.1, 0.15) is 11.9 Å². The van der Waals surface area contributed by atoms with E-state index in [0.717, 1.165) is 18.9 Å². The zero-order valence-electron chi connectivity index (χ0n) is 12.8. The third-order valence-corrected chi connectivity index (χ3v) is 4.07. The predicted octanol–water partition coefficient (Wildman–Crippen LogP) is 2.12. The Balaban J connectivity index is 1.72. The summed E-state index contributed by atoms with van der Waals surface area (Å²) >= 11 is 0. The number of ether oxygens (including phenoxy) is 1. The molecule has 0 amide bonds. The average molecular weight is 297 g/mol. The molecule has 0 bridgehead atoms. The molecule has 0 radical (unpaired) electrons. The number of nitrogens with zero attached hydrogens (tertiary/aromatic N) is 4. The highest BCUT2D eigenvalue weighted by molar-refractivity contribution is 5.32. The molecule has 1 aromatic heterocycles. The summed E-state index contributed by atoms with van der Waals surface area (Å²) in [5.74, 6) is 1.52. The molecule has 1 fully saturated rings. The van der Waals surface area contributed by atoms with Crippen molar-refractivity contribution in [3.05, 3.63) is 47.0 Å². The van der Waals surface area contributed by atoms with Crippen LogP contribution in [0.25, 0.3) is 0 Å². The summed E-state index contributed by atoms with van der Waals surface area (Å²) < 4.78 is 5.80. The Morgan fingerprint density at radius 2 is 2.18 bits per heavy atom. The number of benzene rings is 1. The molecule has 2 heterocycles. The molecule has 2 aromatic rings. The van der Waals surface area contributed by atoms with Gasteiger partial charge in [-0.15, -0.1) is 0 Å². The van der Waals surface area contributed by atoms with Gasteiger partial charge in [-0.05, 0) is 31.5 Å². The van der Waals surface area contributed by atoms with Gasteiger partial charge < -0.3 is 4.74 Å². The molecule has 1 aliphatic heterocycles. The number of hydrogen-bond acceptors (Lipinski definition) is 5. The first-order chi connectivity index (χ1) is 10.7. The number of nitrogens with one attached hydrogen (secondary N) is 1. The summed E-state index contributed by atoms with van der Waals surface area (Å²) in [5.41, 5.74) is 1.89. The number of morpholine rings is 1. The van der Waals surface area contributed by atoms with E-state index in [4.69, 9.17) is 10.00 Å². The highest BCUT2D eigenvalue weighted by atomic mass is 16.5. The lowest BCUT2D eigenvalue weighted by molar-refractivity contribution is -0.0470. The maximum absolute atomic E-state index is 8.88. The fourth-order valence-electron chi connectivity index (χ4n) is 2.73. The van der Waals surface area contributed by atoms with Crippen molar-refractivity contribution >= 4 is 0 Å². The minimum Gasteiger partial charge on any atom is -0.367 e. The van der Waals surface area contributed by atoms with E-state index in [-0.39, 0.29) is 12.1 Å². The minimum atomic E-state index is -0.0977. The number of aromatic nitrogens is 3. The molecular weight excluding hydrogens is 278 g/mol. The van der Waals surface area contributed by atoms with Crippen molar-refractivity contribution in [2.75, 3.05) is 19.7 Å². The number of hydrogen-bond donors (Lipinski definition) is 1. The molecule has 6 nitrogen and oxygen atoms in total. The molecular formula is C16H19N5O. The second-order valence-electron chi connectivity index (χ2n) is 5.54. The molecule has 0 spiro atoms. The molecule has 0 aliphatic carbocycles. The third-order valence-electron chi connectivity index (χ3n) is 4.07. The van der Waals surface area contributed by atoms with Crippen LogP contribution in [-0.4, -0.2) is 39.8 Å². The van der Waals surface area contributed by atoms with Crippen LogP contribution in [0.2, 0.25) is 0 Å². The first-order valence-corrected chi connectivity index (χ1v) is 7.42. The van der Waals surface area contributed by atoms with E-state index >= 15 is 0 Å². The Bertz CT molecular complexity index is 673. The smallest absolute Gasteiger partial charge is 0.180 e. The van der Waals surface area contributed by atoms with Crippen molar-refractivity contribution in [1.29, 1.82) is 5.26 Å². The molecule has 3 rings (SSSR count). The summed E-state index contributed by atoms with van der Waals surface area (Å²) in [5, 5.41) is 16.0. The Hall–Kier alpha value is -2.23. The van der Waals surface area contributed by atoms with E-state index in [2.05, 4.69) is 33.1 Å². The fraction of sp³-hybridized carbons (Fsp3) is 0.438. The van der Waals surface area contributed by atoms with Crippen LogP contribution in [0, 0.1) is 18.3 Å². The fourth-order valence-corrected chi connectivity index (χ4v) is 2.73. The van der Waals surface area contributed by atoms with Crippen LogP contribution in [0.3, 0.4) is 0 Å². The molecule has 1 N–H and O–H groups in total.